The van der Waals surface area contributed by atoms with Crippen molar-refractivity contribution in [3.63, 3.8) is 0 Å². The Morgan fingerprint density at radius 3 is 2.44 bits per heavy atom. The maximum atomic E-state index is 6.10. The van der Waals surface area contributed by atoms with Crippen molar-refractivity contribution in [2.24, 2.45) is 0 Å². The highest BCUT2D eigenvalue weighted by atomic mass is 35.5. The lowest BCUT2D eigenvalue weighted by atomic mass is 10.1. The van der Waals surface area contributed by atoms with Crippen molar-refractivity contribution in [3.05, 3.63) is 40.4 Å². The Morgan fingerprint density at radius 2 is 1.83 bits per heavy atom. The van der Waals surface area contributed by atoms with Gasteiger partial charge in [0.15, 0.2) is 0 Å². The van der Waals surface area contributed by atoms with Crippen molar-refractivity contribution in [2.45, 2.75) is 6.92 Å². The van der Waals surface area contributed by atoms with E-state index in [1.54, 1.807) is 6.07 Å². The van der Waals surface area contributed by atoms with Crippen LogP contribution in [0.1, 0.15) is 6.92 Å². The van der Waals surface area contributed by atoms with Crippen molar-refractivity contribution >= 4 is 29.0 Å². The number of nitrogen functional groups attached to an aromatic ring is 1. The second-order valence-corrected chi connectivity index (χ2v) is 4.46. The number of nitrogens with two attached hydrogens (primary N) is 1. The van der Waals surface area contributed by atoms with Crippen LogP contribution < -0.4 is 10.5 Å². The third-order valence-corrected chi connectivity index (χ3v) is 2.99. The highest BCUT2D eigenvalue weighted by molar-refractivity contribution is 6.37. The SMILES string of the molecule is CCOc1ccc(-c2nc(N)c(Cl)cc2Cl)cc1. The van der Waals surface area contributed by atoms with Gasteiger partial charge in [-0.25, -0.2) is 4.98 Å². The number of hydrogen-bond donors (Lipinski definition) is 1. The molecule has 1 aromatic heterocycles. The molecule has 0 saturated carbocycles. The number of rotatable bonds is 3. The maximum absolute atomic E-state index is 6.10. The van der Waals surface area contributed by atoms with Crippen LogP contribution in [0.2, 0.25) is 10.0 Å². The van der Waals surface area contributed by atoms with E-state index in [9.17, 15) is 0 Å². The van der Waals surface area contributed by atoms with E-state index in [0.29, 0.717) is 22.3 Å². The van der Waals surface area contributed by atoms with Gasteiger partial charge in [0.05, 0.1) is 22.3 Å². The van der Waals surface area contributed by atoms with Crippen LogP contribution in [0.3, 0.4) is 0 Å². The Hall–Kier alpha value is -1.45. The molecule has 0 atom stereocenters. The molecular formula is C13H12Cl2N2O. The van der Waals surface area contributed by atoms with Gasteiger partial charge in [0.2, 0.25) is 0 Å². The Labute approximate surface area is 115 Å². The van der Waals surface area contributed by atoms with Crippen LogP contribution in [0.4, 0.5) is 5.82 Å². The molecule has 2 aromatic rings. The Morgan fingerprint density at radius 1 is 1.17 bits per heavy atom. The van der Waals surface area contributed by atoms with Gasteiger partial charge in [0.1, 0.15) is 11.6 Å². The number of benzene rings is 1. The Balaban J connectivity index is 2.39. The van der Waals surface area contributed by atoms with Crippen molar-refractivity contribution in [1.82, 2.24) is 4.98 Å². The molecule has 18 heavy (non-hydrogen) atoms. The smallest absolute Gasteiger partial charge is 0.143 e. The zero-order valence-corrected chi connectivity index (χ0v) is 11.3. The van der Waals surface area contributed by atoms with E-state index < -0.39 is 0 Å². The molecule has 0 amide bonds. The monoisotopic (exact) mass is 282 g/mol. The van der Waals surface area contributed by atoms with E-state index in [4.69, 9.17) is 33.7 Å². The molecule has 3 nitrogen and oxygen atoms in total. The quantitative estimate of drug-likeness (QED) is 0.924. The molecule has 94 valence electrons. The molecule has 0 saturated heterocycles. The van der Waals surface area contributed by atoms with Gasteiger partial charge in [0, 0.05) is 5.56 Å². The van der Waals surface area contributed by atoms with Crippen molar-refractivity contribution in [2.75, 3.05) is 12.3 Å². The third-order valence-electron chi connectivity index (χ3n) is 2.40. The summed E-state index contributed by atoms with van der Waals surface area (Å²) in [7, 11) is 0. The molecule has 5 heteroatoms. The van der Waals surface area contributed by atoms with E-state index in [1.807, 2.05) is 31.2 Å². The van der Waals surface area contributed by atoms with Gasteiger partial charge in [-0.2, -0.15) is 0 Å². The van der Waals surface area contributed by atoms with Crippen LogP contribution >= 0.6 is 23.2 Å². The molecule has 1 aromatic carbocycles. The summed E-state index contributed by atoms with van der Waals surface area (Å²) in [4.78, 5) is 4.19. The summed E-state index contributed by atoms with van der Waals surface area (Å²) in [6.07, 6.45) is 0. The summed E-state index contributed by atoms with van der Waals surface area (Å²) in [5.74, 6) is 1.07. The average Bonchev–Trinajstić information content (AvgIpc) is 2.35. The molecule has 0 radical (unpaired) electrons. The van der Waals surface area contributed by atoms with Crippen LogP contribution in [0, 0.1) is 0 Å². The zero-order valence-electron chi connectivity index (χ0n) is 9.78. The number of anilines is 1. The fourth-order valence-corrected chi connectivity index (χ4v) is 2.03. The van der Waals surface area contributed by atoms with Gasteiger partial charge in [-0.05, 0) is 37.3 Å². The summed E-state index contributed by atoms with van der Waals surface area (Å²) >= 11 is 12.0. The maximum Gasteiger partial charge on any atom is 0.143 e. The van der Waals surface area contributed by atoms with Crippen LogP contribution in [0.15, 0.2) is 30.3 Å². The lowest BCUT2D eigenvalue weighted by Gasteiger charge is -2.08. The van der Waals surface area contributed by atoms with Crippen LogP contribution in [0.5, 0.6) is 5.75 Å². The minimum atomic E-state index is 0.268. The van der Waals surface area contributed by atoms with Crippen molar-refractivity contribution in [1.29, 1.82) is 0 Å². The predicted octanol–water partition coefficient (Wildman–Crippen LogP) is 4.04. The van der Waals surface area contributed by atoms with Gasteiger partial charge < -0.3 is 10.5 Å². The third kappa shape index (κ3) is 2.68. The number of aromatic nitrogens is 1. The van der Waals surface area contributed by atoms with Crippen LogP contribution in [-0.2, 0) is 0 Å². The average molecular weight is 283 g/mol. The summed E-state index contributed by atoms with van der Waals surface area (Å²) in [5, 5.41) is 0.827. The minimum Gasteiger partial charge on any atom is -0.494 e. The number of nitrogens with zero attached hydrogens (tertiary/aromatic N) is 1. The lowest BCUT2D eigenvalue weighted by Crippen LogP contribution is -1.95. The minimum absolute atomic E-state index is 0.268. The molecule has 1 heterocycles. The van der Waals surface area contributed by atoms with Crippen molar-refractivity contribution in [3.8, 4) is 17.0 Å². The Kier molecular flexibility index (Phi) is 3.94. The zero-order chi connectivity index (χ0) is 13.1. The van der Waals surface area contributed by atoms with Crippen LogP contribution in [0.25, 0.3) is 11.3 Å². The first kappa shape index (κ1) is 13.0. The molecule has 0 aliphatic carbocycles. The Bertz CT molecular complexity index is 556. The summed E-state index contributed by atoms with van der Waals surface area (Å²) in [6.45, 7) is 2.57. The van der Waals surface area contributed by atoms with Gasteiger partial charge in [-0.1, -0.05) is 23.2 Å². The largest absolute Gasteiger partial charge is 0.494 e. The topological polar surface area (TPSA) is 48.1 Å². The molecule has 2 N–H and O–H groups in total. The fourth-order valence-electron chi connectivity index (χ4n) is 1.56. The van der Waals surface area contributed by atoms with Crippen LogP contribution in [-0.4, -0.2) is 11.6 Å². The molecule has 0 aliphatic rings. The molecule has 0 unspecified atom stereocenters. The van der Waals surface area contributed by atoms with E-state index in [2.05, 4.69) is 4.98 Å². The van der Waals surface area contributed by atoms with Crippen molar-refractivity contribution < 1.29 is 4.74 Å². The van der Waals surface area contributed by atoms with E-state index in [1.165, 1.54) is 0 Å². The van der Waals surface area contributed by atoms with Gasteiger partial charge >= 0.3 is 0 Å². The first-order chi connectivity index (χ1) is 8.61. The van der Waals surface area contributed by atoms with E-state index in [0.717, 1.165) is 11.3 Å². The first-order valence-corrected chi connectivity index (χ1v) is 6.22. The highest BCUT2D eigenvalue weighted by Crippen LogP contribution is 2.31. The normalized spacial score (nSPS) is 10.4. The number of pyridine rings is 1. The van der Waals surface area contributed by atoms with E-state index in [-0.39, 0.29) is 5.82 Å². The molecular weight excluding hydrogens is 271 g/mol. The molecule has 0 aliphatic heterocycles. The first-order valence-electron chi connectivity index (χ1n) is 5.46. The molecule has 0 bridgehead atoms. The van der Waals surface area contributed by atoms with Gasteiger partial charge in [0.25, 0.3) is 0 Å². The summed E-state index contributed by atoms with van der Waals surface area (Å²) in [5.41, 5.74) is 7.16. The predicted molar refractivity (Wildman–Crippen MR) is 75.3 cm³/mol. The number of halogens is 2. The number of ether oxygens (including phenoxy) is 1. The standard InChI is InChI=1S/C13H12Cl2N2O/c1-2-18-9-5-3-8(4-6-9)12-10(14)7-11(15)13(16)17-12/h3-7H,2H2,1H3,(H2,16,17). The van der Waals surface area contributed by atoms with Gasteiger partial charge in [-0.3, -0.25) is 0 Å². The molecule has 0 fully saturated rings. The fraction of sp³-hybridized carbons (Fsp3) is 0.154. The summed E-state index contributed by atoms with van der Waals surface area (Å²) < 4.78 is 5.37. The van der Waals surface area contributed by atoms with E-state index >= 15 is 0 Å². The number of hydrogen-bond acceptors (Lipinski definition) is 3. The lowest BCUT2D eigenvalue weighted by molar-refractivity contribution is 0.340. The second-order valence-electron chi connectivity index (χ2n) is 3.64. The molecule has 2 rings (SSSR count). The van der Waals surface area contributed by atoms with Gasteiger partial charge in [-0.15, -0.1) is 0 Å². The summed E-state index contributed by atoms with van der Waals surface area (Å²) in [6, 6.07) is 9.08. The second kappa shape index (κ2) is 5.46. The highest BCUT2D eigenvalue weighted by Gasteiger charge is 2.09. The molecule has 0 spiro atoms.